The van der Waals surface area contributed by atoms with Crippen molar-refractivity contribution in [3.05, 3.63) is 30.1 Å². The number of carbonyl (C=O) groups excluding carboxylic acids is 1. The van der Waals surface area contributed by atoms with E-state index in [0.29, 0.717) is 4.90 Å². The zero-order valence-corrected chi connectivity index (χ0v) is 10.1. The zero-order valence-electron chi connectivity index (χ0n) is 9.27. The lowest BCUT2D eigenvalue weighted by Gasteiger charge is -2.09. The summed E-state index contributed by atoms with van der Waals surface area (Å²) in [7, 11) is 1.97. The van der Waals surface area contributed by atoms with Crippen LogP contribution in [0.4, 0.5) is 4.39 Å². The minimum atomic E-state index is -1.32. The van der Waals surface area contributed by atoms with Gasteiger partial charge in [0.15, 0.2) is 0 Å². The van der Waals surface area contributed by atoms with Crippen molar-refractivity contribution in [3.8, 4) is 0 Å². The van der Waals surface area contributed by atoms with E-state index < -0.39 is 16.6 Å². The molecule has 5 heteroatoms. The SMILES string of the molecule is CN(C)C(=O)CCS(=O)c1cccc(F)c1. The molecule has 0 aliphatic heterocycles. The molecule has 16 heavy (non-hydrogen) atoms. The van der Waals surface area contributed by atoms with E-state index in [1.165, 1.54) is 23.1 Å². The Hall–Kier alpha value is -1.23. The second-order valence-electron chi connectivity index (χ2n) is 3.55. The van der Waals surface area contributed by atoms with Crippen LogP contribution in [0.1, 0.15) is 6.42 Å². The highest BCUT2D eigenvalue weighted by molar-refractivity contribution is 7.85. The Morgan fingerprint density at radius 1 is 1.44 bits per heavy atom. The highest BCUT2D eigenvalue weighted by Gasteiger charge is 2.09. The second kappa shape index (κ2) is 5.75. The first-order chi connectivity index (χ1) is 7.50. The summed E-state index contributed by atoms with van der Waals surface area (Å²) < 4.78 is 24.5. The predicted molar refractivity (Wildman–Crippen MR) is 61.0 cm³/mol. The minimum Gasteiger partial charge on any atom is -0.349 e. The van der Waals surface area contributed by atoms with E-state index in [0.717, 1.165) is 0 Å². The Kier molecular flexibility index (Phi) is 4.61. The maximum Gasteiger partial charge on any atom is 0.222 e. The lowest BCUT2D eigenvalue weighted by molar-refractivity contribution is -0.128. The van der Waals surface area contributed by atoms with Gasteiger partial charge in [0.1, 0.15) is 5.82 Å². The number of halogens is 1. The van der Waals surface area contributed by atoms with Gasteiger partial charge in [-0.2, -0.15) is 0 Å². The number of hydrogen-bond donors (Lipinski definition) is 0. The maximum atomic E-state index is 12.8. The van der Waals surface area contributed by atoms with Crippen LogP contribution >= 0.6 is 0 Å². The summed E-state index contributed by atoms with van der Waals surface area (Å²) in [5.41, 5.74) is 0. The first kappa shape index (κ1) is 12.8. The molecule has 0 saturated heterocycles. The van der Waals surface area contributed by atoms with Crippen LogP contribution in [0, 0.1) is 5.82 Å². The molecule has 1 unspecified atom stereocenters. The Bertz CT molecular complexity index is 407. The van der Waals surface area contributed by atoms with Gasteiger partial charge in [0.05, 0.1) is 10.8 Å². The molecule has 1 rings (SSSR count). The average molecular weight is 243 g/mol. The molecule has 0 saturated carbocycles. The summed E-state index contributed by atoms with van der Waals surface area (Å²) in [6.07, 6.45) is 0.204. The third-order valence-electron chi connectivity index (χ3n) is 2.06. The lowest BCUT2D eigenvalue weighted by atomic mass is 10.3. The number of hydrogen-bond acceptors (Lipinski definition) is 2. The Labute approximate surface area is 96.7 Å². The van der Waals surface area contributed by atoms with Crippen molar-refractivity contribution in [2.24, 2.45) is 0 Å². The summed E-state index contributed by atoms with van der Waals surface area (Å²) in [6.45, 7) is 0. The number of nitrogens with zero attached hydrogens (tertiary/aromatic N) is 1. The molecule has 88 valence electrons. The molecule has 0 bridgehead atoms. The molecule has 0 aliphatic carbocycles. The van der Waals surface area contributed by atoms with E-state index in [9.17, 15) is 13.4 Å². The van der Waals surface area contributed by atoms with Gasteiger partial charge in [-0.3, -0.25) is 9.00 Å². The normalized spacial score (nSPS) is 12.2. The van der Waals surface area contributed by atoms with Gasteiger partial charge in [-0.1, -0.05) is 6.07 Å². The zero-order chi connectivity index (χ0) is 12.1. The van der Waals surface area contributed by atoms with Gasteiger partial charge in [-0.15, -0.1) is 0 Å². The Morgan fingerprint density at radius 2 is 2.12 bits per heavy atom. The van der Waals surface area contributed by atoms with Crippen molar-refractivity contribution in [3.63, 3.8) is 0 Å². The topological polar surface area (TPSA) is 37.4 Å². The van der Waals surface area contributed by atoms with Crippen LogP contribution in [0.3, 0.4) is 0 Å². The fourth-order valence-electron chi connectivity index (χ4n) is 1.13. The van der Waals surface area contributed by atoms with Gasteiger partial charge in [0.2, 0.25) is 5.91 Å². The predicted octanol–water partition coefficient (Wildman–Crippen LogP) is 1.41. The van der Waals surface area contributed by atoms with Crippen molar-refractivity contribution in [1.82, 2.24) is 4.90 Å². The molecule has 1 aromatic carbocycles. The number of rotatable bonds is 4. The highest BCUT2D eigenvalue weighted by atomic mass is 32.2. The quantitative estimate of drug-likeness (QED) is 0.802. The van der Waals surface area contributed by atoms with E-state index >= 15 is 0 Å². The maximum absolute atomic E-state index is 12.8. The first-order valence-electron chi connectivity index (χ1n) is 4.85. The van der Waals surface area contributed by atoms with Crippen molar-refractivity contribution in [2.75, 3.05) is 19.8 Å². The third kappa shape index (κ3) is 3.73. The Balaban J connectivity index is 2.57. The fourth-order valence-corrected chi connectivity index (χ4v) is 2.20. The van der Waals surface area contributed by atoms with Gasteiger partial charge in [-0.25, -0.2) is 4.39 Å². The molecule has 1 aromatic rings. The average Bonchev–Trinajstić information content (AvgIpc) is 2.25. The molecule has 1 atom stereocenters. The van der Waals surface area contributed by atoms with Crippen molar-refractivity contribution >= 4 is 16.7 Å². The van der Waals surface area contributed by atoms with Crippen LogP contribution in [0.15, 0.2) is 29.2 Å². The van der Waals surface area contributed by atoms with E-state index in [2.05, 4.69) is 0 Å². The van der Waals surface area contributed by atoms with E-state index in [4.69, 9.17) is 0 Å². The monoisotopic (exact) mass is 243 g/mol. The smallest absolute Gasteiger partial charge is 0.222 e. The van der Waals surface area contributed by atoms with Crippen LogP contribution in [-0.4, -0.2) is 34.9 Å². The molecular weight excluding hydrogens is 229 g/mol. The van der Waals surface area contributed by atoms with Crippen LogP contribution in [0.5, 0.6) is 0 Å². The molecule has 0 spiro atoms. The molecule has 0 N–H and O–H groups in total. The lowest BCUT2D eigenvalue weighted by Crippen LogP contribution is -2.23. The summed E-state index contributed by atoms with van der Waals surface area (Å²) in [4.78, 5) is 13.1. The first-order valence-corrected chi connectivity index (χ1v) is 6.16. The molecule has 0 radical (unpaired) electrons. The largest absolute Gasteiger partial charge is 0.349 e. The second-order valence-corrected chi connectivity index (χ2v) is 5.12. The van der Waals surface area contributed by atoms with Crippen LogP contribution < -0.4 is 0 Å². The van der Waals surface area contributed by atoms with Crippen LogP contribution in [-0.2, 0) is 15.6 Å². The number of benzene rings is 1. The van der Waals surface area contributed by atoms with Crippen LogP contribution in [0.25, 0.3) is 0 Å². The van der Waals surface area contributed by atoms with Crippen molar-refractivity contribution < 1.29 is 13.4 Å². The summed E-state index contributed by atoms with van der Waals surface area (Å²) in [5.74, 6) is -0.268. The van der Waals surface area contributed by atoms with Crippen LogP contribution in [0.2, 0.25) is 0 Å². The third-order valence-corrected chi connectivity index (χ3v) is 3.41. The molecule has 0 fully saturated rings. The van der Waals surface area contributed by atoms with Gasteiger partial charge < -0.3 is 4.90 Å². The summed E-state index contributed by atoms with van der Waals surface area (Å²) in [5, 5.41) is 0. The van der Waals surface area contributed by atoms with Gasteiger partial charge >= 0.3 is 0 Å². The van der Waals surface area contributed by atoms with E-state index in [1.807, 2.05) is 0 Å². The van der Waals surface area contributed by atoms with E-state index in [-0.39, 0.29) is 18.1 Å². The molecule has 0 aliphatic rings. The molecule has 0 aromatic heterocycles. The molecule has 3 nitrogen and oxygen atoms in total. The fraction of sp³-hybridized carbons (Fsp3) is 0.364. The Morgan fingerprint density at radius 3 is 2.69 bits per heavy atom. The minimum absolute atomic E-state index is 0.0789. The van der Waals surface area contributed by atoms with Crippen molar-refractivity contribution in [1.29, 1.82) is 0 Å². The standard InChI is InChI=1S/C11H14FNO2S/c1-13(2)11(14)6-7-16(15)10-5-3-4-9(12)8-10/h3-5,8H,6-7H2,1-2H3. The summed E-state index contributed by atoms with van der Waals surface area (Å²) >= 11 is 0. The van der Waals surface area contributed by atoms with E-state index in [1.54, 1.807) is 20.2 Å². The van der Waals surface area contributed by atoms with Gasteiger partial charge in [-0.05, 0) is 18.2 Å². The number of amides is 1. The summed E-state index contributed by atoms with van der Waals surface area (Å²) in [6, 6.07) is 5.64. The number of carbonyl (C=O) groups is 1. The molecule has 1 amide bonds. The van der Waals surface area contributed by atoms with Gasteiger partial charge in [0, 0.05) is 31.2 Å². The molecular formula is C11H14FNO2S. The van der Waals surface area contributed by atoms with Gasteiger partial charge in [0.25, 0.3) is 0 Å². The highest BCUT2D eigenvalue weighted by Crippen LogP contribution is 2.09. The van der Waals surface area contributed by atoms with Crippen molar-refractivity contribution in [2.45, 2.75) is 11.3 Å². The molecule has 0 heterocycles.